The Morgan fingerprint density at radius 3 is 2.00 bits per heavy atom. The second-order valence-electron chi connectivity index (χ2n) is 3.25. The van der Waals surface area contributed by atoms with Gasteiger partial charge in [-0.1, -0.05) is 0 Å². The third kappa shape index (κ3) is 3.73. The molecule has 1 N–H and O–H groups in total. The van der Waals surface area contributed by atoms with Gasteiger partial charge in [-0.3, -0.25) is 0 Å². The van der Waals surface area contributed by atoms with E-state index < -0.39 is 45.8 Å². The summed E-state index contributed by atoms with van der Waals surface area (Å²) in [7, 11) is -8.08. The van der Waals surface area contributed by atoms with Crippen LogP contribution in [0.15, 0.2) is 23.1 Å². The Bertz CT molecular complexity index is 577. The third-order valence-corrected chi connectivity index (χ3v) is 4.53. The van der Waals surface area contributed by atoms with Crippen molar-refractivity contribution in [1.82, 2.24) is 0 Å². The maximum absolute atomic E-state index is 12.3. The predicted molar refractivity (Wildman–Crippen MR) is 55.4 cm³/mol. The molecular weight excluding hydrogens is 321 g/mol. The van der Waals surface area contributed by atoms with E-state index in [1.54, 1.807) is 0 Å². The molecule has 108 valence electrons. The first-order valence-electron chi connectivity index (χ1n) is 4.34. The number of sulfone groups is 1. The smallest absolute Gasteiger partial charge is 0.501 e. The molecule has 0 aromatic heterocycles. The normalized spacial score (nSPS) is 14.2. The largest absolute Gasteiger partial charge is 0.508 e. The molecule has 19 heavy (non-hydrogen) atoms. The van der Waals surface area contributed by atoms with Crippen LogP contribution in [-0.4, -0.2) is 25.0 Å². The lowest BCUT2D eigenvalue weighted by Crippen LogP contribution is -2.27. The lowest BCUT2D eigenvalue weighted by atomic mass is 10.3. The fourth-order valence-corrected chi connectivity index (χ4v) is 3.26. The Balaban J connectivity index is 3.45. The zero-order chi connectivity index (χ0) is 15.1. The Kier molecular flexibility index (Phi) is 4.07. The summed E-state index contributed by atoms with van der Waals surface area (Å²) in [6.07, 6.45) is 0. The van der Waals surface area contributed by atoms with Gasteiger partial charge >= 0.3 is 11.4 Å². The Morgan fingerprint density at radius 2 is 1.58 bits per heavy atom. The molecule has 0 spiro atoms. The van der Waals surface area contributed by atoms with Crippen molar-refractivity contribution in [1.29, 1.82) is 0 Å². The van der Waals surface area contributed by atoms with E-state index in [0.717, 1.165) is 0 Å². The van der Waals surface area contributed by atoms with Crippen molar-refractivity contribution < 1.29 is 39.9 Å². The Hall–Kier alpha value is -1.02. The van der Waals surface area contributed by atoms with E-state index >= 15 is 0 Å². The van der Waals surface area contributed by atoms with Crippen LogP contribution < -0.4 is 5.30 Å². The van der Waals surface area contributed by atoms with Crippen molar-refractivity contribution in [3.05, 3.63) is 18.2 Å². The Morgan fingerprint density at radius 1 is 1.05 bits per heavy atom. The summed E-state index contributed by atoms with van der Waals surface area (Å²) in [5.41, 5.74) is -5.71. The molecule has 1 aromatic carbocycles. The fourth-order valence-electron chi connectivity index (χ4n) is 1.13. The lowest BCUT2D eigenvalue weighted by molar-refractivity contribution is -0.0438. The second kappa shape index (κ2) is 4.82. The number of alkyl halides is 6. The van der Waals surface area contributed by atoms with Gasteiger partial charge in [0.25, 0.3) is 9.84 Å². The predicted octanol–water partition coefficient (Wildman–Crippen LogP) is 2.51. The van der Waals surface area contributed by atoms with Crippen molar-refractivity contribution in [2.45, 2.75) is 16.3 Å². The molecule has 0 radical (unpaired) electrons. The number of rotatable bonds is 2. The molecule has 0 fully saturated rings. The molecule has 0 saturated heterocycles. The SMILES string of the molecule is O=S(=O)(c1ccc(O)cc1PC(F)(F)F)C(F)(F)F. The van der Waals surface area contributed by atoms with Gasteiger partial charge in [0.15, 0.2) is 0 Å². The van der Waals surface area contributed by atoms with Gasteiger partial charge in [0.2, 0.25) is 0 Å². The molecule has 1 unspecified atom stereocenters. The minimum absolute atomic E-state index is 0.298. The maximum atomic E-state index is 12.3. The van der Waals surface area contributed by atoms with E-state index in [9.17, 15) is 34.8 Å². The monoisotopic (exact) mass is 326 g/mol. The van der Waals surface area contributed by atoms with Crippen LogP contribution in [0.3, 0.4) is 0 Å². The van der Waals surface area contributed by atoms with Crippen LogP contribution in [0.5, 0.6) is 5.75 Å². The first-order chi connectivity index (χ1) is 8.34. The molecular formula is C8H5F6O3PS. The lowest BCUT2D eigenvalue weighted by Gasteiger charge is -2.14. The molecule has 0 aliphatic carbocycles. The van der Waals surface area contributed by atoms with Crippen molar-refractivity contribution in [3.63, 3.8) is 0 Å². The molecule has 0 saturated carbocycles. The highest BCUT2D eigenvalue weighted by Gasteiger charge is 2.48. The van der Waals surface area contributed by atoms with Crippen LogP contribution in [0.2, 0.25) is 0 Å². The highest BCUT2D eigenvalue weighted by molar-refractivity contribution is 7.92. The average Bonchev–Trinajstić information content (AvgIpc) is 2.12. The Labute approximate surface area is 104 Å². The molecule has 3 nitrogen and oxygen atoms in total. The molecule has 11 heteroatoms. The van der Waals surface area contributed by atoms with Crippen LogP contribution in [-0.2, 0) is 9.84 Å². The third-order valence-electron chi connectivity index (χ3n) is 1.83. The number of phenolic OH excluding ortho intramolecular Hbond substituents is 1. The van der Waals surface area contributed by atoms with Crippen LogP contribution in [0.1, 0.15) is 0 Å². The van der Waals surface area contributed by atoms with Gasteiger partial charge in [-0.15, -0.1) is 0 Å². The van der Waals surface area contributed by atoms with Gasteiger partial charge in [0.1, 0.15) is 5.75 Å². The van der Waals surface area contributed by atoms with Gasteiger partial charge in [0.05, 0.1) is 4.90 Å². The van der Waals surface area contributed by atoms with Crippen LogP contribution in [0.4, 0.5) is 26.3 Å². The summed E-state index contributed by atoms with van der Waals surface area (Å²) in [6, 6.07) is 1.22. The maximum Gasteiger partial charge on any atom is 0.501 e. The molecule has 0 aliphatic heterocycles. The number of aromatic hydroxyl groups is 1. The van der Waals surface area contributed by atoms with Crippen molar-refractivity contribution in [3.8, 4) is 5.75 Å². The molecule has 1 atom stereocenters. The minimum atomic E-state index is -5.90. The second-order valence-corrected chi connectivity index (χ2v) is 6.52. The van der Waals surface area contributed by atoms with E-state index in [0.29, 0.717) is 18.2 Å². The summed E-state index contributed by atoms with van der Waals surface area (Å²) < 4.78 is 95.7. The van der Waals surface area contributed by atoms with Gasteiger partial charge in [0, 0.05) is 13.9 Å². The molecule has 1 rings (SSSR count). The highest BCUT2D eigenvalue weighted by Crippen LogP contribution is 2.40. The van der Waals surface area contributed by atoms with E-state index in [4.69, 9.17) is 5.11 Å². The number of phenols is 1. The summed E-state index contributed by atoms with van der Waals surface area (Å²) in [4.78, 5) is -1.51. The van der Waals surface area contributed by atoms with E-state index in [2.05, 4.69) is 0 Å². The first-order valence-corrected chi connectivity index (χ1v) is 6.82. The highest BCUT2D eigenvalue weighted by atomic mass is 32.2. The first kappa shape index (κ1) is 16.0. The molecule has 0 aliphatic rings. The summed E-state index contributed by atoms with van der Waals surface area (Å²) in [6.45, 7) is 0. The van der Waals surface area contributed by atoms with E-state index in [-0.39, 0.29) is 0 Å². The minimum Gasteiger partial charge on any atom is -0.508 e. The number of hydrogen-bond acceptors (Lipinski definition) is 3. The van der Waals surface area contributed by atoms with Gasteiger partial charge in [-0.25, -0.2) is 8.42 Å². The van der Waals surface area contributed by atoms with Crippen molar-refractivity contribution >= 4 is 23.7 Å². The molecule has 1 aromatic rings. The average molecular weight is 326 g/mol. The molecule has 0 bridgehead atoms. The van der Waals surface area contributed by atoms with Gasteiger partial charge < -0.3 is 5.11 Å². The number of hydrogen-bond donors (Lipinski definition) is 1. The zero-order valence-corrected chi connectivity index (χ0v) is 10.5. The molecule has 0 amide bonds. The van der Waals surface area contributed by atoms with Crippen LogP contribution >= 0.6 is 8.58 Å². The van der Waals surface area contributed by atoms with Gasteiger partial charge in [-0.05, 0) is 18.2 Å². The quantitative estimate of drug-likeness (QED) is 0.671. The fraction of sp³-hybridized carbons (Fsp3) is 0.250. The topological polar surface area (TPSA) is 54.4 Å². The summed E-state index contributed by atoms with van der Waals surface area (Å²) >= 11 is 0. The summed E-state index contributed by atoms with van der Waals surface area (Å²) in [5, 5.41) is 7.83. The van der Waals surface area contributed by atoms with Crippen molar-refractivity contribution in [2.24, 2.45) is 0 Å². The molecule has 0 heterocycles. The van der Waals surface area contributed by atoms with E-state index in [1.165, 1.54) is 0 Å². The number of benzene rings is 1. The van der Waals surface area contributed by atoms with Crippen LogP contribution in [0.25, 0.3) is 0 Å². The summed E-state index contributed by atoms with van der Waals surface area (Å²) in [5.74, 6) is -5.64. The zero-order valence-electron chi connectivity index (χ0n) is 8.67. The van der Waals surface area contributed by atoms with Gasteiger partial charge in [-0.2, -0.15) is 26.3 Å². The van der Waals surface area contributed by atoms with E-state index in [1.807, 2.05) is 0 Å². The van der Waals surface area contributed by atoms with Crippen molar-refractivity contribution in [2.75, 3.05) is 0 Å². The van der Waals surface area contributed by atoms with Crippen LogP contribution in [0, 0.1) is 0 Å². The standard InChI is InChI=1S/C8H5F6O3PS/c9-7(10,11)18-5-3-4(15)1-2-6(5)19(16,17)8(12,13)14/h1-3,15,18H. The number of halogens is 6.